The first-order valence-electron chi connectivity index (χ1n) is 11.6. The minimum absolute atomic E-state index is 0.00352. The summed E-state index contributed by atoms with van der Waals surface area (Å²) in [7, 11) is 1.55. The molecule has 1 aliphatic rings. The lowest BCUT2D eigenvalue weighted by atomic mass is 9.94. The van der Waals surface area contributed by atoms with Crippen molar-refractivity contribution in [2.75, 3.05) is 25.3 Å². The van der Waals surface area contributed by atoms with Crippen LogP contribution in [0.15, 0.2) is 18.2 Å². The van der Waals surface area contributed by atoms with E-state index in [1.807, 2.05) is 0 Å². The number of ether oxygens (including phenoxy) is 2. The standard InChI is InChI=1S/C27H27FN4O6/c1-8-27(12-37-13-27)32(14-38-26(36)15(2)3)25(35)23(33)21-16(4)22(31(7)17(21)5)24(34)30-18-9-10-19(28)20(11-18)29-6/h1,9-11,15H,12-14H2,2-5,7H3,(H,30,34). The number of hydrogen-bond acceptors (Lipinski definition) is 6. The van der Waals surface area contributed by atoms with E-state index in [0.717, 1.165) is 11.0 Å². The van der Waals surface area contributed by atoms with Crippen LogP contribution in [-0.4, -0.2) is 58.5 Å². The van der Waals surface area contributed by atoms with E-state index >= 15 is 0 Å². The van der Waals surface area contributed by atoms with E-state index in [9.17, 15) is 23.6 Å². The SMILES string of the molecule is [C-]#[N+]c1cc(NC(=O)c2c(C)c(C(=O)C(=O)N(COC(=O)C(C)C)C3(C#C)COC3)c(C)n2C)ccc1F. The second kappa shape index (κ2) is 10.9. The molecular weight excluding hydrogens is 495 g/mol. The Morgan fingerprint density at radius 3 is 2.50 bits per heavy atom. The smallest absolute Gasteiger partial charge is 0.310 e. The molecule has 1 fully saturated rings. The van der Waals surface area contributed by atoms with Gasteiger partial charge < -0.3 is 19.4 Å². The third-order valence-corrected chi connectivity index (χ3v) is 6.41. The molecule has 0 spiro atoms. The van der Waals surface area contributed by atoms with Gasteiger partial charge in [0.1, 0.15) is 11.5 Å². The zero-order chi connectivity index (χ0) is 28.4. The molecule has 198 valence electrons. The summed E-state index contributed by atoms with van der Waals surface area (Å²) in [5.74, 6) is -1.85. The van der Waals surface area contributed by atoms with Gasteiger partial charge in [-0.05, 0) is 37.6 Å². The number of nitrogens with zero attached hydrogens (tertiary/aromatic N) is 3. The monoisotopic (exact) mass is 522 g/mol. The van der Waals surface area contributed by atoms with E-state index < -0.39 is 47.6 Å². The van der Waals surface area contributed by atoms with Crippen LogP contribution >= 0.6 is 0 Å². The molecule has 1 aliphatic heterocycles. The van der Waals surface area contributed by atoms with Crippen molar-refractivity contribution in [1.29, 1.82) is 0 Å². The fraction of sp³-hybridized carbons (Fsp3) is 0.370. The maximum absolute atomic E-state index is 13.7. The Morgan fingerprint density at radius 2 is 1.97 bits per heavy atom. The van der Waals surface area contributed by atoms with Crippen LogP contribution in [0.2, 0.25) is 0 Å². The number of Topliss-reactive ketones (excluding diaryl/α,β-unsaturated/α-hetero) is 1. The summed E-state index contributed by atoms with van der Waals surface area (Å²) in [6.45, 7) is 12.8. The molecule has 0 saturated carbocycles. The van der Waals surface area contributed by atoms with Crippen LogP contribution in [0.4, 0.5) is 15.8 Å². The number of terminal acetylenes is 1. The highest BCUT2D eigenvalue weighted by atomic mass is 19.1. The van der Waals surface area contributed by atoms with Gasteiger partial charge in [0.15, 0.2) is 12.3 Å². The molecule has 3 rings (SSSR count). The summed E-state index contributed by atoms with van der Waals surface area (Å²) < 4.78 is 25.5. The van der Waals surface area contributed by atoms with Gasteiger partial charge in [0.05, 0.1) is 31.3 Å². The molecule has 2 aromatic rings. The van der Waals surface area contributed by atoms with Crippen LogP contribution in [-0.2, 0) is 26.1 Å². The van der Waals surface area contributed by atoms with Crippen LogP contribution < -0.4 is 5.32 Å². The number of hydrogen-bond donors (Lipinski definition) is 1. The molecule has 10 nitrogen and oxygen atoms in total. The Bertz CT molecular complexity index is 1410. The average molecular weight is 523 g/mol. The fourth-order valence-electron chi connectivity index (χ4n) is 4.01. The minimum atomic E-state index is -1.26. The molecule has 1 N–H and O–H groups in total. The molecule has 0 unspecified atom stereocenters. The van der Waals surface area contributed by atoms with Crippen LogP contribution in [0.1, 0.15) is 46.0 Å². The largest absolute Gasteiger partial charge is 0.444 e. The topological polar surface area (TPSA) is 111 Å². The van der Waals surface area contributed by atoms with Crippen molar-refractivity contribution in [3.63, 3.8) is 0 Å². The number of ketones is 1. The van der Waals surface area contributed by atoms with Gasteiger partial charge in [-0.2, -0.15) is 0 Å². The predicted molar refractivity (Wildman–Crippen MR) is 135 cm³/mol. The summed E-state index contributed by atoms with van der Waals surface area (Å²) in [6.07, 6.45) is 5.67. The Hall–Kier alpha value is -4.48. The lowest BCUT2D eigenvalue weighted by Crippen LogP contribution is -2.65. The lowest BCUT2D eigenvalue weighted by Gasteiger charge is -2.44. The number of nitrogens with one attached hydrogen (secondary N) is 1. The van der Waals surface area contributed by atoms with E-state index in [-0.39, 0.29) is 41.4 Å². The third-order valence-electron chi connectivity index (χ3n) is 6.41. The van der Waals surface area contributed by atoms with Crippen LogP contribution in [0.5, 0.6) is 0 Å². The summed E-state index contributed by atoms with van der Waals surface area (Å²) in [5.41, 5.74) is -0.685. The average Bonchev–Trinajstić information content (AvgIpc) is 3.08. The number of rotatable bonds is 8. The molecule has 2 amide bonds. The number of esters is 1. The molecule has 11 heteroatoms. The number of halogens is 1. The molecule has 1 aromatic carbocycles. The number of aromatic nitrogens is 1. The van der Waals surface area contributed by atoms with Crippen LogP contribution in [0, 0.1) is 44.5 Å². The Labute approximate surface area is 219 Å². The zero-order valence-electron chi connectivity index (χ0n) is 21.7. The first kappa shape index (κ1) is 28.1. The van der Waals surface area contributed by atoms with Crippen molar-refractivity contribution in [2.45, 2.75) is 33.2 Å². The van der Waals surface area contributed by atoms with Gasteiger partial charge in [-0.25, -0.2) is 9.24 Å². The molecule has 1 aromatic heterocycles. The number of benzene rings is 1. The quantitative estimate of drug-likeness (QED) is 0.142. The molecule has 0 atom stereocenters. The Kier molecular flexibility index (Phi) is 8.04. The van der Waals surface area contributed by atoms with E-state index in [0.29, 0.717) is 5.69 Å². The van der Waals surface area contributed by atoms with Gasteiger partial charge >= 0.3 is 5.97 Å². The maximum atomic E-state index is 13.7. The van der Waals surface area contributed by atoms with E-state index in [2.05, 4.69) is 16.1 Å². The first-order chi connectivity index (χ1) is 17.9. The normalized spacial score (nSPS) is 13.6. The van der Waals surface area contributed by atoms with Crippen molar-refractivity contribution in [2.24, 2.45) is 13.0 Å². The summed E-state index contributed by atoms with van der Waals surface area (Å²) >= 11 is 0. The van der Waals surface area contributed by atoms with Crippen molar-refractivity contribution in [3.05, 3.63) is 57.9 Å². The first-order valence-corrected chi connectivity index (χ1v) is 11.6. The van der Waals surface area contributed by atoms with Gasteiger partial charge in [0.2, 0.25) is 5.69 Å². The summed E-state index contributed by atoms with van der Waals surface area (Å²) in [4.78, 5) is 56.3. The van der Waals surface area contributed by atoms with Crippen LogP contribution in [0.25, 0.3) is 4.85 Å². The number of carbonyl (C=O) groups is 4. The van der Waals surface area contributed by atoms with Crippen molar-refractivity contribution >= 4 is 34.9 Å². The molecule has 38 heavy (non-hydrogen) atoms. The number of carbonyl (C=O) groups excluding carboxylic acids is 4. The summed E-state index contributed by atoms with van der Waals surface area (Å²) in [6, 6.07) is 3.56. The fourth-order valence-corrected chi connectivity index (χ4v) is 4.01. The second-order valence-electron chi connectivity index (χ2n) is 9.20. The van der Waals surface area contributed by atoms with E-state index in [1.54, 1.807) is 27.8 Å². The van der Waals surface area contributed by atoms with Gasteiger partial charge in [0, 0.05) is 18.4 Å². The lowest BCUT2D eigenvalue weighted by molar-refractivity contribution is -0.174. The van der Waals surface area contributed by atoms with Crippen molar-refractivity contribution in [1.82, 2.24) is 9.47 Å². The molecule has 2 heterocycles. The van der Waals surface area contributed by atoms with Gasteiger partial charge in [-0.1, -0.05) is 19.8 Å². The Balaban J connectivity index is 1.94. The van der Waals surface area contributed by atoms with E-state index in [4.69, 9.17) is 22.5 Å². The van der Waals surface area contributed by atoms with Crippen molar-refractivity contribution < 1.29 is 33.0 Å². The van der Waals surface area contributed by atoms with Gasteiger partial charge in [-0.15, -0.1) is 6.42 Å². The van der Waals surface area contributed by atoms with Gasteiger partial charge in [-0.3, -0.25) is 24.1 Å². The zero-order valence-corrected chi connectivity index (χ0v) is 21.7. The Morgan fingerprint density at radius 1 is 1.32 bits per heavy atom. The number of anilines is 1. The molecule has 0 bridgehead atoms. The highest BCUT2D eigenvalue weighted by Crippen LogP contribution is 2.29. The minimum Gasteiger partial charge on any atom is -0.444 e. The van der Waals surface area contributed by atoms with Crippen molar-refractivity contribution in [3.8, 4) is 12.3 Å². The molecule has 1 saturated heterocycles. The molecule has 0 radical (unpaired) electrons. The number of amides is 2. The highest BCUT2D eigenvalue weighted by molar-refractivity contribution is 6.43. The van der Waals surface area contributed by atoms with Gasteiger partial charge in [0.25, 0.3) is 17.6 Å². The second-order valence-corrected chi connectivity index (χ2v) is 9.20. The highest BCUT2D eigenvalue weighted by Gasteiger charge is 2.48. The predicted octanol–water partition coefficient (Wildman–Crippen LogP) is 3.15. The molecule has 0 aliphatic carbocycles. The maximum Gasteiger partial charge on any atom is 0.310 e. The van der Waals surface area contributed by atoms with Crippen LogP contribution in [0.3, 0.4) is 0 Å². The summed E-state index contributed by atoms with van der Waals surface area (Å²) in [5, 5.41) is 2.59. The third kappa shape index (κ3) is 5.01. The molecular formula is C27H27FN4O6. The van der Waals surface area contributed by atoms with E-state index in [1.165, 1.54) is 23.6 Å².